The number of aryl methyl sites for hydroxylation is 3. The highest BCUT2D eigenvalue weighted by molar-refractivity contribution is 9.10. The number of hydrogen-bond acceptors (Lipinski definition) is 0. The van der Waals surface area contributed by atoms with Gasteiger partial charge in [-0.05, 0) is 55.2 Å². The van der Waals surface area contributed by atoms with E-state index in [2.05, 4.69) is 48.8 Å². The Hall–Kier alpha value is -0.860. The normalized spacial score (nSPS) is 12.5. The van der Waals surface area contributed by atoms with Crippen molar-refractivity contribution < 1.29 is 4.39 Å². The minimum absolute atomic E-state index is 0.267. The zero-order valence-corrected chi connectivity index (χ0v) is 13.4. The monoisotopic (exact) mass is 340 g/mol. The van der Waals surface area contributed by atoms with Gasteiger partial charge in [-0.25, -0.2) is 4.39 Å². The Kier molecular flexibility index (Phi) is 4.32. The van der Waals surface area contributed by atoms with Crippen molar-refractivity contribution in [2.24, 2.45) is 0 Å². The second kappa shape index (κ2) is 5.64. The van der Waals surface area contributed by atoms with Gasteiger partial charge in [0.2, 0.25) is 0 Å². The number of rotatable bonds is 2. The fraction of sp³-hybridized carbons (Fsp3) is 0.250. The summed E-state index contributed by atoms with van der Waals surface area (Å²) in [6.07, 6.45) is 0. The maximum absolute atomic E-state index is 13.2. The molecule has 100 valence electrons. The van der Waals surface area contributed by atoms with Crippen LogP contribution in [-0.4, -0.2) is 0 Å². The molecule has 0 amide bonds. The van der Waals surface area contributed by atoms with Crippen LogP contribution in [0.25, 0.3) is 0 Å². The third-order valence-electron chi connectivity index (χ3n) is 3.23. The van der Waals surface area contributed by atoms with Gasteiger partial charge in [-0.2, -0.15) is 0 Å². The molecule has 2 aromatic carbocycles. The maximum atomic E-state index is 13.2. The Morgan fingerprint density at radius 3 is 2.16 bits per heavy atom. The fourth-order valence-corrected chi connectivity index (χ4v) is 3.70. The molecule has 0 saturated heterocycles. The predicted octanol–water partition coefficient (Wildman–Crippen LogP) is 5.84. The maximum Gasteiger partial charge on any atom is 0.124 e. The molecule has 2 aromatic rings. The van der Waals surface area contributed by atoms with E-state index >= 15 is 0 Å². The van der Waals surface area contributed by atoms with Gasteiger partial charge in [0.05, 0.1) is 5.38 Å². The lowest BCUT2D eigenvalue weighted by molar-refractivity contribution is 0.626. The van der Waals surface area contributed by atoms with Gasteiger partial charge < -0.3 is 0 Å². The second-order valence-corrected chi connectivity index (χ2v) is 6.13. The van der Waals surface area contributed by atoms with Crippen LogP contribution < -0.4 is 0 Å². The minimum atomic E-state index is -0.282. The van der Waals surface area contributed by atoms with Crippen molar-refractivity contribution in [3.63, 3.8) is 0 Å². The first-order valence-corrected chi connectivity index (χ1v) is 7.30. The first kappa shape index (κ1) is 14.5. The zero-order valence-electron chi connectivity index (χ0n) is 11.1. The van der Waals surface area contributed by atoms with Crippen LogP contribution in [0.4, 0.5) is 4.39 Å². The Bertz CT molecular complexity index is 599. The topological polar surface area (TPSA) is 0 Å². The van der Waals surface area contributed by atoms with Gasteiger partial charge in [0.15, 0.2) is 0 Å². The minimum Gasteiger partial charge on any atom is -0.207 e. The first-order valence-electron chi connectivity index (χ1n) is 6.07. The Labute approximate surface area is 126 Å². The fourth-order valence-electron chi connectivity index (χ4n) is 2.45. The molecule has 0 N–H and O–H groups in total. The van der Waals surface area contributed by atoms with Crippen LogP contribution in [-0.2, 0) is 0 Å². The molecule has 0 aromatic heterocycles. The van der Waals surface area contributed by atoms with E-state index in [9.17, 15) is 4.39 Å². The van der Waals surface area contributed by atoms with E-state index in [0.717, 1.165) is 22.3 Å². The van der Waals surface area contributed by atoms with E-state index in [1.54, 1.807) is 6.07 Å². The molecular formula is C16H15BrClF. The van der Waals surface area contributed by atoms with Crippen molar-refractivity contribution in [3.05, 3.63) is 68.4 Å². The van der Waals surface area contributed by atoms with Crippen LogP contribution in [0, 0.1) is 26.6 Å². The van der Waals surface area contributed by atoms with Crippen molar-refractivity contribution in [1.82, 2.24) is 0 Å². The third kappa shape index (κ3) is 3.01. The molecule has 0 heterocycles. The summed E-state index contributed by atoms with van der Waals surface area (Å²) in [5.74, 6) is -0.267. The van der Waals surface area contributed by atoms with Crippen LogP contribution in [0.15, 0.2) is 34.8 Å². The van der Waals surface area contributed by atoms with Crippen molar-refractivity contribution in [2.45, 2.75) is 26.1 Å². The van der Waals surface area contributed by atoms with Gasteiger partial charge in [-0.15, -0.1) is 11.6 Å². The van der Waals surface area contributed by atoms with E-state index in [-0.39, 0.29) is 11.2 Å². The highest BCUT2D eigenvalue weighted by atomic mass is 79.9. The van der Waals surface area contributed by atoms with Crippen molar-refractivity contribution >= 4 is 27.5 Å². The Morgan fingerprint density at radius 1 is 1.05 bits per heavy atom. The standard InChI is InChI=1S/C16H15BrClF/c1-9-6-10(2)15(11(3)7-9)16(18)13-5-4-12(19)8-14(13)17/h4-8,16H,1-3H3. The van der Waals surface area contributed by atoms with E-state index in [1.807, 2.05) is 0 Å². The molecule has 19 heavy (non-hydrogen) atoms. The van der Waals surface area contributed by atoms with Crippen molar-refractivity contribution in [1.29, 1.82) is 0 Å². The lowest BCUT2D eigenvalue weighted by atomic mass is 9.94. The molecule has 0 nitrogen and oxygen atoms in total. The smallest absolute Gasteiger partial charge is 0.124 e. The molecule has 0 saturated carbocycles. The van der Waals surface area contributed by atoms with Gasteiger partial charge in [0.25, 0.3) is 0 Å². The summed E-state index contributed by atoms with van der Waals surface area (Å²) < 4.78 is 13.9. The molecule has 0 spiro atoms. The number of hydrogen-bond donors (Lipinski definition) is 0. The van der Waals surface area contributed by atoms with E-state index in [4.69, 9.17) is 11.6 Å². The third-order valence-corrected chi connectivity index (χ3v) is 4.37. The van der Waals surface area contributed by atoms with E-state index in [0.29, 0.717) is 4.47 Å². The molecule has 0 aliphatic carbocycles. The van der Waals surface area contributed by atoms with Gasteiger partial charge >= 0.3 is 0 Å². The lowest BCUT2D eigenvalue weighted by Crippen LogP contribution is -2.01. The molecule has 1 unspecified atom stereocenters. The lowest BCUT2D eigenvalue weighted by Gasteiger charge is -2.18. The quantitative estimate of drug-likeness (QED) is 0.602. The van der Waals surface area contributed by atoms with Crippen LogP contribution >= 0.6 is 27.5 Å². The summed E-state index contributed by atoms with van der Waals surface area (Å²) in [6, 6.07) is 8.86. The molecule has 1 atom stereocenters. The van der Waals surface area contributed by atoms with Gasteiger partial charge in [0.1, 0.15) is 5.82 Å². The Morgan fingerprint density at radius 2 is 1.63 bits per heavy atom. The average Bonchev–Trinajstić information content (AvgIpc) is 2.26. The van der Waals surface area contributed by atoms with Crippen LogP contribution in [0.5, 0.6) is 0 Å². The molecular weight excluding hydrogens is 327 g/mol. The summed E-state index contributed by atoms with van der Waals surface area (Å²) >= 11 is 9.98. The van der Waals surface area contributed by atoms with Crippen LogP contribution in [0.2, 0.25) is 0 Å². The van der Waals surface area contributed by atoms with Gasteiger partial charge in [-0.3, -0.25) is 0 Å². The van der Waals surface area contributed by atoms with Crippen molar-refractivity contribution in [2.75, 3.05) is 0 Å². The second-order valence-electron chi connectivity index (χ2n) is 4.84. The molecule has 0 bridgehead atoms. The number of alkyl halides is 1. The van der Waals surface area contributed by atoms with Gasteiger partial charge in [0, 0.05) is 4.47 Å². The molecule has 3 heteroatoms. The Balaban J connectivity index is 2.53. The summed E-state index contributed by atoms with van der Waals surface area (Å²) in [5, 5.41) is -0.282. The number of benzene rings is 2. The average molecular weight is 342 g/mol. The van der Waals surface area contributed by atoms with Crippen LogP contribution in [0.3, 0.4) is 0 Å². The predicted molar refractivity (Wildman–Crippen MR) is 82.4 cm³/mol. The van der Waals surface area contributed by atoms with Gasteiger partial charge in [-0.1, -0.05) is 39.7 Å². The molecule has 0 aliphatic heterocycles. The zero-order chi connectivity index (χ0) is 14.2. The van der Waals surface area contributed by atoms with Crippen LogP contribution in [0.1, 0.15) is 33.2 Å². The summed E-state index contributed by atoms with van der Waals surface area (Å²) in [5.41, 5.74) is 5.53. The molecule has 2 rings (SSSR count). The SMILES string of the molecule is Cc1cc(C)c(C(Cl)c2ccc(F)cc2Br)c(C)c1. The highest BCUT2D eigenvalue weighted by Crippen LogP contribution is 2.37. The summed E-state index contributed by atoms with van der Waals surface area (Å²) in [6.45, 7) is 6.19. The van der Waals surface area contributed by atoms with Crippen molar-refractivity contribution in [3.8, 4) is 0 Å². The number of halogens is 3. The van der Waals surface area contributed by atoms with E-state index < -0.39 is 0 Å². The molecule has 0 fully saturated rings. The van der Waals surface area contributed by atoms with E-state index in [1.165, 1.54) is 17.7 Å². The molecule has 0 aliphatic rings. The highest BCUT2D eigenvalue weighted by Gasteiger charge is 2.18. The largest absolute Gasteiger partial charge is 0.207 e. The molecule has 0 radical (unpaired) electrons. The summed E-state index contributed by atoms with van der Waals surface area (Å²) in [7, 11) is 0. The summed E-state index contributed by atoms with van der Waals surface area (Å²) in [4.78, 5) is 0. The first-order chi connectivity index (χ1) is 8.90.